The number of hydrogen-bond acceptors (Lipinski definition) is 4. The minimum absolute atomic E-state index is 0.0708. The van der Waals surface area contributed by atoms with Gasteiger partial charge in [-0.25, -0.2) is 8.42 Å². The lowest BCUT2D eigenvalue weighted by atomic mass is 10.1. The Balaban J connectivity index is 1.74. The molecule has 6 heteroatoms. The predicted octanol–water partition coefficient (Wildman–Crippen LogP) is 1.62. The zero-order chi connectivity index (χ0) is 15.0. The van der Waals surface area contributed by atoms with Gasteiger partial charge in [-0.15, -0.1) is 0 Å². The number of hydrogen-bond donors (Lipinski definition) is 0. The highest BCUT2D eigenvalue weighted by Crippen LogP contribution is 2.23. The van der Waals surface area contributed by atoms with Crippen molar-refractivity contribution in [1.29, 1.82) is 0 Å². The summed E-state index contributed by atoms with van der Waals surface area (Å²) >= 11 is 0. The maximum atomic E-state index is 12.3. The molecule has 1 aromatic carbocycles. The molecule has 1 aliphatic heterocycles. The van der Waals surface area contributed by atoms with E-state index in [1.54, 1.807) is 18.2 Å². The lowest BCUT2D eigenvalue weighted by Gasteiger charge is -2.23. The normalized spacial score (nSPS) is 20.7. The fourth-order valence-corrected chi connectivity index (χ4v) is 4.52. The van der Waals surface area contributed by atoms with E-state index in [2.05, 4.69) is 0 Å². The van der Waals surface area contributed by atoms with E-state index in [1.807, 2.05) is 24.3 Å². The van der Waals surface area contributed by atoms with Crippen molar-refractivity contribution in [2.75, 3.05) is 18.6 Å². The van der Waals surface area contributed by atoms with Crippen LogP contribution in [0.4, 0.5) is 0 Å². The highest BCUT2D eigenvalue weighted by Gasteiger charge is 2.32. The molecule has 1 aliphatic rings. The van der Waals surface area contributed by atoms with Crippen molar-refractivity contribution in [2.24, 2.45) is 0 Å². The number of rotatable bonds is 3. The second kappa shape index (κ2) is 5.18. The molecule has 0 saturated carbocycles. The molecule has 1 amide bonds. The number of nitrogens with zero attached hydrogens (tertiary/aromatic N) is 1. The van der Waals surface area contributed by atoms with E-state index < -0.39 is 9.84 Å². The summed E-state index contributed by atoms with van der Waals surface area (Å²) in [6, 6.07) is 7.35. The second-order valence-corrected chi connectivity index (χ2v) is 7.72. The highest BCUT2D eigenvalue weighted by atomic mass is 32.2. The van der Waals surface area contributed by atoms with Crippen molar-refractivity contribution in [3.63, 3.8) is 0 Å². The van der Waals surface area contributed by atoms with E-state index in [1.165, 1.54) is 0 Å². The van der Waals surface area contributed by atoms with Gasteiger partial charge in [0, 0.05) is 24.0 Å². The molecule has 112 valence electrons. The molecule has 1 unspecified atom stereocenters. The first kappa shape index (κ1) is 14.1. The molecule has 0 spiro atoms. The van der Waals surface area contributed by atoms with Gasteiger partial charge in [-0.2, -0.15) is 0 Å². The third-order valence-electron chi connectivity index (χ3n) is 4.05. The average molecular weight is 307 g/mol. The van der Waals surface area contributed by atoms with Crippen LogP contribution in [0.1, 0.15) is 12.0 Å². The Morgan fingerprint density at radius 3 is 2.86 bits per heavy atom. The molecule has 1 fully saturated rings. The Morgan fingerprint density at radius 1 is 1.38 bits per heavy atom. The SMILES string of the molecule is CN(C(=O)Cc1coc2ccccc12)C1CCS(=O)(=O)C1. The molecule has 2 aromatic rings. The molecule has 0 bridgehead atoms. The molecule has 3 rings (SSSR count). The number of carbonyl (C=O) groups is 1. The maximum Gasteiger partial charge on any atom is 0.227 e. The van der Waals surface area contributed by atoms with E-state index in [0.29, 0.717) is 6.42 Å². The van der Waals surface area contributed by atoms with Gasteiger partial charge in [0.1, 0.15) is 5.58 Å². The predicted molar refractivity (Wildman–Crippen MR) is 79.7 cm³/mol. The van der Waals surface area contributed by atoms with Crippen molar-refractivity contribution >= 4 is 26.7 Å². The Hall–Kier alpha value is -1.82. The van der Waals surface area contributed by atoms with Crippen molar-refractivity contribution in [3.05, 3.63) is 36.1 Å². The molecule has 2 heterocycles. The summed E-state index contributed by atoms with van der Waals surface area (Å²) in [5, 5.41) is 0.929. The summed E-state index contributed by atoms with van der Waals surface area (Å²) in [6.07, 6.45) is 2.35. The number of benzene rings is 1. The van der Waals surface area contributed by atoms with Gasteiger partial charge in [-0.05, 0) is 12.5 Å². The summed E-state index contributed by atoms with van der Waals surface area (Å²) < 4.78 is 28.4. The topological polar surface area (TPSA) is 67.6 Å². The fraction of sp³-hybridized carbons (Fsp3) is 0.400. The van der Waals surface area contributed by atoms with Gasteiger partial charge in [0.05, 0.1) is 24.2 Å². The summed E-state index contributed by atoms with van der Waals surface area (Å²) in [5.41, 5.74) is 1.59. The molecule has 21 heavy (non-hydrogen) atoms. The van der Waals surface area contributed by atoms with Gasteiger partial charge in [0.15, 0.2) is 9.84 Å². The molecular weight excluding hydrogens is 290 g/mol. The van der Waals surface area contributed by atoms with Crippen LogP contribution in [0.25, 0.3) is 11.0 Å². The lowest BCUT2D eigenvalue weighted by Crippen LogP contribution is -2.38. The van der Waals surface area contributed by atoms with Crippen molar-refractivity contribution in [1.82, 2.24) is 4.90 Å². The zero-order valence-corrected chi connectivity index (χ0v) is 12.6. The van der Waals surface area contributed by atoms with E-state index >= 15 is 0 Å². The third-order valence-corrected chi connectivity index (χ3v) is 5.80. The number of likely N-dealkylation sites (N-methyl/N-ethyl adjacent to an activating group) is 1. The van der Waals surface area contributed by atoms with Crippen molar-refractivity contribution in [2.45, 2.75) is 18.9 Å². The molecule has 1 saturated heterocycles. The van der Waals surface area contributed by atoms with Crippen LogP contribution in [-0.4, -0.2) is 43.8 Å². The van der Waals surface area contributed by atoms with Gasteiger partial charge in [-0.3, -0.25) is 4.79 Å². The number of para-hydroxylation sites is 1. The van der Waals surface area contributed by atoms with Crippen LogP contribution in [0.5, 0.6) is 0 Å². The van der Waals surface area contributed by atoms with Gasteiger partial charge in [-0.1, -0.05) is 18.2 Å². The third kappa shape index (κ3) is 2.81. The summed E-state index contributed by atoms with van der Waals surface area (Å²) in [4.78, 5) is 13.9. The average Bonchev–Trinajstić information content (AvgIpc) is 3.02. The monoisotopic (exact) mass is 307 g/mol. The van der Waals surface area contributed by atoms with Crippen LogP contribution in [0.15, 0.2) is 34.9 Å². The van der Waals surface area contributed by atoms with Crippen LogP contribution in [0, 0.1) is 0 Å². The number of amides is 1. The Morgan fingerprint density at radius 2 is 2.14 bits per heavy atom. The van der Waals surface area contributed by atoms with Gasteiger partial charge in [0.2, 0.25) is 5.91 Å². The minimum Gasteiger partial charge on any atom is -0.464 e. The minimum atomic E-state index is -2.98. The molecule has 1 atom stereocenters. The van der Waals surface area contributed by atoms with Crippen LogP contribution in [0.3, 0.4) is 0 Å². The fourth-order valence-electron chi connectivity index (χ4n) is 2.74. The van der Waals surface area contributed by atoms with E-state index in [4.69, 9.17) is 4.42 Å². The molecule has 5 nitrogen and oxygen atoms in total. The summed E-state index contributed by atoms with van der Waals surface area (Å²) in [6.45, 7) is 0. The van der Waals surface area contributed by atoms with Gasteiger partial charge < -0.3 is 9.32 Å². The standard InChI is InChI=1S/C15H17NO4S/c1-16(12-6-7-21(18,19)10-12)15(17)8-11-9-20-14-5-3-2-4-13(11)14/h2-5,9,12H,6-8,10H2,1H3. The number of carbonyl (C=O) groups excluding carboxylic acids is 1. The van der Waals surface area contributed by atoms with E-state index in [0.717, 1.165) is 16.5 Å². The molecule has 1 aromatic heterocycles. The van der Waals surface area contributed by atoms with Gasteiger partial charge in [0.25, 0.3) is 0 Å². The van der Waals surface area contributed by atoms with Crippen molar-refractivity contribution < 1.29 is 17.6 Å². The molecular formula is C15H17NO4S. The largest absolute Gasteiger partial charge is 0.464 e. The number of fused-ring (bicyclic) bond motifs is 1. The van der Waals surface area contributed by atoms with Crippen LogP contribution in [-0.2, 0) is 21.1 Å². The molecule has 0 radical (unpaired) electrons. The Labute approximate surface area is 123 Å². The summed E-state index contributed by atoms with van der Waals surface area (Å²) in [5.74, 6) is 0.161. The van der Waals surface area contributed by atoms with Crippen LogP contribution >= 0.6 is 0 Å². The smallest absolute Gasteiger partial charge is 0.227 e. The highest BCUT2D eigenvalue weighted by molar-refractivity contribution is 7.91. The van der Waals surface area contributed by atoms with Gasteiger partial charge >= 0.3 is 0 Å². The molecule has 0 N–H and O–H groups in total. The van der Waals surface area contributed by atoms with Crippen molar-refractivity contribution in [3.8, 4) is 0 Å². The lowest BCUT2D eigenvalue weighted by molar-refractivity contribution is -0.130. The molecule has 0 aliphatic carbocycles. The van der Waals surface area contributed by atoms with Crippen LogP contribution in [0.2, 0.25) is 0 Å². The van der Waals surface area contributed by atoms with Crippen LogP contribution < -0.4 is 0 Å². The number of sulfone groups is 1. The first-order chi connectivity index (χ1) is 9.96. The summed E-state index contributed by atoms with van der Waals surface area (Å²) in [7, 11) is -1.31. The second-order valence-electron chi connectivity index (χ2n) is 5.50. The maximum absolute atomic E-state index is 12.3. The van der Waals surface area contributed by atoms with E-state index in [-0.39, 0.29) is 29.9 Å². The quantitative estimate of drug-likeness (QED) is 0.864. The first-order valence-electron chi connectivity index (χ1n) is 6.87. The Kier molecular flexibility index (Phi) is 3.49. The Bertz CT molecular complexity index is 778. The number of furan rings is 1. The van der Waals surface area contributed by atoms with E-state index in [9.17, 15) is 13.2 Å². The first-order valence-corrected chi connectivity index (χ1v) is 8.69. The zero-order valence-electron chi connectivity index (χ0n) is 11.8.